The van der Waals surface area contributed by atoms with Gasteiger partial charge in [-0.3, -0.25) is 9.69 Å². The molecule has 0 aromatic carbocycles. The number of hydrogen-bond acceptors (Lipinski definition) is 8. The number of hydrogen-bond donors (Lipinski definition) is 1. The van der Waals surface area contributed by atoms with Gasteiger partial charge in [0, 0.05) is 49.8 Å². The normalized spacial score (nSPS) is 25.0. The van der Waals surface area contributed by atoms with Crippen LogP contribution in [-0.4, -0.2) is 84.9 Å². The van der Waals surface area contributed by atoms with Gasteiger partial charge in [0.2, 0.25) is 0 Å². The molecule has 0 saturated carbocycles. The molecule has 9 nitrogen and oxygen atoms in total. The Bertz CT molecular complexity index is 1170. The molecular weight excluding hydrogens is 456 g/mol. The summed E-state index contributed by atoms with van der Waals surface area (Å²) in [5, 5.41) is 3.21. The maximum absolute atomic E-state index is 12.9. The van der Waals surface area contributed by atoms with Crippen LogP contribution < -0.4 is 21.2 Å². The highest BCUT2D eigenvalue weighted by Crippen LogP contribution is 2.36. The maximum atomic E-state index is 12.9. The van der Waals surface area contributed by atoms with Gasteiger partial charge >= 0.3 is 7.12 Å². The molecular formula is C25H37B2N5O4. The highest BCUT2D eigenvalue weighted by Gasteiger charge is 2.52. The molecule has 5 heterocycles. The molecule has 0 spiro atoms. The van der Waals surface area contributed by atoms with Gasteiger partial charge in [-0.05, 0) is 52.8 Å². The molecule has 1 atom stereocenters. The average Bonchev–Trinajstić information content (AvgIpc) is 3.02. The number of nitrogens with one attached hydrogen (secondary N) is 1. The minimum Gasteiger partial charge on any atom is -0.399 e. The second-order valence-corrected chi connectivity index (χ2v) is 11.7. The first-order valence-corrected chi connectivity index (χ1v) is 12.8. The van der Waals surface area contributed by atoms with Gasteiger partial charge in [-0.2, -0.15) is 0 Å². The van der Waals surface area contributed by atoms with E-state index in [0.717, 1.165) is 44.0 Å². The van der Waals surface area contributed by atoms with E-state index in [0.29, 0.717) is 17.5 Å². The van der Waals surface area contributed by atoms with Crippen LogP contribution in [0.5, 0.6) is 0 Å². The van der Waals surface area contributed by atoms with Crippen LogP contribution in [0, 0.1) is 0 Å². The summed E-state index contributed by atoms with van der Waals surface area (Å²) in [7, 11) is 3.47. The number of anilines is 3. The first kappa shape index (κ1) is 25.3. The fraction of sp³-hybridized carbons (Fsp3) is 0.600. The predicted octanol–water partition coefficient (Wildman–Crippen LogP) is 0.693. The number of pyridine rings is 2. The lowest BCUT2D eigenvalue weighted by Gasteiger charge is -2.53. The first-order chi connectivity index (χ1) is 16.9. The lowest BCUT2D eigenvalue weighted by atomic mass is 9.73. The summed E-state index contributed by atoms with van der Waals surface area (Å²) in [4.78, 5) is 22.4. The van der Waals surface area contributed by atoms with Crippen LogP contribution in [0.2, 0.25) is 0 Å². The SMILES string of the molecule is BC1(N2CCN(c3ccc(Nc4cc(B5OC(C)(C)C(C)(C)O5)cn(C)c4=O)nc3)[C@@H](C)C2)COC1. The van der Waals surface area contributed by atoms with Crippen molar-refractivity contribution in [2.45, 2.75) is 57.3 Å². The van der Waals surface area contributed by atoms with E-state index in [2.05, 4.69) is 40.9 Å². The molecule has 3 fully saturated rings. The fourth-order valence-corrected chi connectivity index (χ4v) is 5.11. The van der Waals surface area contributed by atoms with Crippen molar-refractivity contribution >= 4 is 37.6 Å². The number of nitrogens with zero attached hydrogens (tertiary/aromatic N) is 4. The second-order valence-electron chi connectivity index (χ2n) is 11.7. The minimum absolute atomic E-state index is 0.139. The fourth-order valence-electron chi connectivity index (χ4n) is 5.11. The number of aryl methyl sites for hydroxylation is 1. The molecule has 2 aromatic rings. The molecule has 0 radical (unpaired) electrons. The summed E-state index contributed by atoms with van der Waals surface area (Å²) in [6.45, 7) is 14.9. The van der Waals surface area contributed by atoms with Crippen molar-refractivity contribution < 1.29 is 14.0 Å². The Hall–Kier alpha value is -2.33. The van der Waals surface area contributed by atoms with Gasteiger partial charge in [-0.1, -0.05) is 0 Å². The zero-order chi connectivity index (χ0) is 25.9. The average molecular weight is 493 g/mol. The first-order valence-electron chi connectivity index (χ1n) is 12.8. The summed E-state index contributed by atoms with van der Waals surface area (Å²) < 4.78 is 19.4. The van der Waals surface area contributed by atoms with E-state index in [9.17, 15) is 4.79 Å². The summed E-state index contributed by atoms with van der Waals surface area (Å²) >= 11 is 0. The summed E-state index contributed by atoms with van der Waals surface area (Å²) in [6, 6.07) is 6.17. The third-order valence-corrected chi connectivity index (χ3v) is 8.29. The minimum atomic E-state index is -0.549. The largest absolute Gasteiger partial charge is 0.496 e. The molecule has 36 heavy (non-hydrogen) atoms. The summed E-state index contributed by atoms with van der Waals surface area (Å²) in [5.41, 5.74) is 1.43. The molecule has 0 unspecified atom stereocenters. The number of ether oxygens (including phenoxy) is 1. The Morgan fingerprint density at radius 2 is 1.83 bits per heavy atom. The van der Waals surface area contributed by atoms with Crippen molar-refractivity contribution in [3.05, 3.63) is 40.9 Å². The standard InChI is InChI=1S/C25H37B2N5O4/c1-17-13-31(25(26)15-34-16-25)9-10-32(17)19-7-8-21(28-12-19)29-20-11-18(14-30(6)22(20)33)27-35-23(2,3)24(4,5)36-27/h7-8,11-12,14,17H,9-10,13,15-16,26H2,1-6H3,(H,28,29)/t17-/m0/s1. The van der Waals surface area contributed by atoms with Crippen LogP contribution in [-0.2, 0) is 21.1 Å². The van der Waals surface area contributed by atoms with Gasteiger partial charge < -0.3 is 28.8 Å². The Kier molecular flexibility index (Phi) is 6.26. The Labute approximate surface area is 214 Å². The number of piperazine rings is 1. The Morgan fingerprint density at radius 3 is 2.39 bits per heavy atom. The topological polar surface area (TPSA) is 81.1 Å². The summed E-state index contributed by atoms with van der Waals surface area (Å²) in [6.07, 6.45) is 3.65. The highest BCUT2D eigenvalue weighted by molar-refractivity contribution is 6.62. The molecule has 3 aliphatic heterocycles. The van der Waals surface area contributed by atoms with E-state index in [1.54, 1.807) is 23.9 Å². The van der Waals surface area contributed by atoms with Crippen LogP contribution >= 0.6 is 0 Å². The zero-order valence-corrected chi connectivity index (χ0v) is 22.5. The van der Waals surface area contributed by atoms with Crippen molar-refractivity contribution in [2.24, 2.45) is 7.05 Å². The van der Waals surface area contributed by atoms with Crippen LogP contribution in [0.15, 0.2) is 35.4 Å². The van der Waals surface area contributed by atoms with Crippen molar-refractivity contribution in [1.82, 2.24) is 14.5 Å². The van der Waals surface area contributed by atoms with Crippen LogP contribution in [0.3, 0.4) is 0 Å². The molecule has 2 aromatic heterocycles. The lowest BCUT2D eigenvalue weighted by molar-refractivity contribution is -0.0963. The molecule has 11 heteroatoms. The molecule has 0 aliphatic carbocycles. The third kappa shape index (κ3) is 4.47. The van der Waals surface area contributed by atoms with Gasteiger partial charge in [-0.15, -0.1) is 0 Å². The molecule has 1 N–H and O–H groups in total. The van der Waals surface area contributed by atoms with Gasteiger partial charge in [0.25, 0.3) is 5.56 Å². The van der Waals surface area contributed by atoms with Crippen LogP contribution in [0.1, 0.15) is 34.6 Å². The predicted molar refractivity (Wildman–Crippen MR) is 145 cm³/mol. The highest BCUT2D eigenvalue weighted by atomic mass is 16.7. The van der Waals surface area contributed by atoms with Gasteiger partial charge in [-0.25, -0.2) is 4.98 Å². The molecule has 192 valence electrons. The lowest BCUT2D eigenvalue weighted by Crippen LogP contribution is -2.68. The Morgan fingerprint density at radius 1 is 1.14 bits per heavy atom. The third-order valence-electron chi connectivity index (χ3n) is 8.29. The molecule has 5 rings (SSSR count). The van der Waals surface area contributed by atoms with E-state index >= 15 is 0 Å². The van der Waals surface area contributed by atoms with Gasteiger partial charge in [0.1, 0.15) is 19.4 Å². The molecule has 0 amide bonds. The van der Waals surface area contributed by atoms with Crippen LogP contribution in [0.25, 0.3) is 0 Å². The van der Waals surface area contributed by atoms with E-state index < -0.39 is 18.3 Å². The second kappa shape index (κ2) is 8.90. The van der Waals surface area contributed by atoms with E-state index in [-0.39, 0.29) is 11.0 Å². The van der Waals surface area contributed by atoms with E-state index in [1.807, 2.05) is 40.0 Å². The van der Waals surface area contributed by atoms with Crippen molar-refractivity contribution in [3.63, 3.8) is 0 Å². The quantitative estimate of drug-likeness (QED) is 0.610. The molecule has 0 bridgehead atoms. The zero-order valence-electron chi connectivity index (χ0n) is 22.5. The van der Waals surface area contributed by atoms with Crippen LogP contribution in [0.4, 0.5) is 17.2 Å². The monoisotopic (exact) mass is 493 g/mol. The molecule has 3 aliphatic rings. The number of rotatable bonds is 5. The van der Waals surface area contributed by atoms with Crippen molar-refractivity contribution in [2.75, 3.05) is 43.1 Å². The van der Waals surface area contributed by atoms with Gasteiger partial charge in [0.15, 0.2) is 0 Å². The maximum Gasteiger partial charge on any atom is 0.496 e. The van der Waals surface area contributed by atoms with E-state index in [1.165, 1.54) is 0 Å². The van der Waals surface area contributed by atoms with Gasteiger partial charge in [0.05, 0.1) is 36.3 Å². The van der Waals surface area contributed by atoms with E-state index in [4.69, 9.17) is 14.0 Å². The number of aromatic nitrogens is 2. The Balaban J connectivity index is 1.29. The molecule has 3 saturated heterocycles. The van der Waals surface area contributed by atoms with Crippen molar-refractivity contribution in [3.8, 4) is 0 Å². The van der Waals surface area contributed by atoms with Crippen molar-refractivity contribution in [1.29, 1.82) is 0 Å². The smallest absolute Gasteiger partial charge is 0.399 e. The summed E-state index contributed by atoms with van der Waals surface area (Å²) in [5.74, 6) is 0.618.